The van der Waals surface area contributed by atoms with E-state index in [1.807, 2.05) is 0 Å². The second-order valence-electron chi connectivity index (χ2n) is 6.46. The maximum atomic E-state index is 12.5. The van der Waals surface area contributed by atoms with E-state index in [4.69, 9.17) is 0 Å². The van der Waals surface area contributed by atoms with Crippen molar-refractivity contribution >= 4 is 5.97 Å². The van der Waals surface area contributed by atoms with Crippen LogP contribution >= 0.6 is 0 Å². The van der Waals surface area contributed by atoms with E-state index < -0.39 is 12.3 Å². The molecule has 2 fully saturated rings. The number of benzene rings is 1. The lowest BCUT2D eigenvalue weighted by atomic mass is 10.1. The summed E-state index contributed by atoms with van der Waals surface area (Å²) in [5.74, 6) is -1.18. The van der Waals surface area contributed by atoms with Gasteiger partial charge in [-0.3, -0.25) is 0 Å². The summed E-state index contributed by atoms with van der Waals surface area (Å²) in [5, 5.41) is 14.1. The number of hydrogen-bond acceptors (Lipinski definition) is 3. The lowest BCUT2D eigenvalue weighted by Crippen LogP contribution is -2.17. The fourth-order valence-electron chi connectivity index (χ4n) is 3.05. The van der Waals surface area contributed by atoms with Crippen LogP contribution in [0.3, 0.4) is 0 Å². The quantitative estimate of drug-likeness (QED) is 0.875. The van der Waals surface area contributed by atoms with Crippen molar-refractivity contribution in [1.29, 1.82) is 0 Å². The zero-order chi connectivity index (χ0) is 17.8. The highest BCUT2D eigenvalue weighted by Crippen LogP contribution is 2.48. The first-order valence-electron chi connectivity index (χ1n) is 8.06. The van der Waals surface area contributed by atoms with E-state index in [1.165, 1.54) is 22.9 Å². The number of hydrogen-bond donors (Lipinski definition) is 1. The summed E-state index contributed by atoms with van der Waals surface area (Å²) in [4.78, 5) is 11.8. The van der Waals surface area contributed by atoms with E-state index in [2.05, 4.69) is 9.84 Å². The molecule has 0 radical (unpaired) electrons. The third kappa shape index (κ3) is 3.20. The second-order valence-corrected chi connectivity index (χ2v) is 6.46. The molecule has 4 rings (SSSR count). The van der Waals surface area contributed by atoms with E-state index in [9.17, 15) is 23.1 Å². The number of carboxylic acid groups (broad SMARTS) is 1. The minimum atomic E-state index is -4.78. The summed E-state index contributed by atoms with van der Waals surface area (Å²) in [7, 11) is 0. The summed E-state index contributed by atoms with van der Waals surface area (Å²) < 4.78 is 42.8. The van der Waals surface area contributed by atoms with E-state index in [-0.39, 0.29) is 23.1 Å². The lowest BCUT2D eigenvalue weighted by molar-refractivity contribution is -0.274. The fourth-order valence-corrected chi connectivity index (χ4v) is 3.05. The van der Waals surface area contributed by atoms with Gasteiger partial charge in [-0.1, -0.05) is 6.07 Å². The van der Waals surface area contributed by atoms with Gasteiger partial charge in [-0.15, -0.1) is 13.2 Å². The van der Waals surface area contributed by atoms with Crippen LogP contribution in [0.1, 0.15) is 59.3 Å². The molecule has 1 heterocycles. The van der Waals surface area contributed by atoms with Gasteiger partial charge in [0.1, 0.15) is 11.3 Å². The van der Waals surface area contributed by atoms with Crippen molar-refractivity contribution in [2.45, 2.75) is 43.9 Å². The van der Waals surface area contributed by atoms with Crippen molar-refractivity contribution < 1.29 is 27.8 Å². The average Bonchev–Trinajstić information content (AvgIpc) is 3.42. The van der Waals surface area contributed by atoms with Gasteiger partial charge in [0.15, 0.2) is 0 Å². The van der Waals surface area contributed by atoms with Crippen molar-refractivity contribution in [1.82, 2.24) is 9.78 Å². The van der Waals surface area contributed by atoms with Gasteiger partial charge in [-0.25, -0.2) is 9.48 Å². The van der Waals surface area contributed by atoms with Crippen molar-refractivity contribution in [2.75, 3.05) is 0 Å². The molecule has 0 amide bonds. The Morgan fingerprint density at radius 3 is 2.44 bits per heavy atom. The van der Waals surface area contributed by atoms with E-state index in [0.29, 0.717) is 17.1 Å². The zero-order valence-corrected chi connectivity index (χ0v) is 13.1. The first-order chi connectivity index (χ1) is 11.8. The number of ether oxygens (including phenoxy) is 1. The molecule has 25 heavy (non-hydrogen) atoms. The number of carboxylic acids is 1. The van der Waals surface area contributed by atoms with Crippen LogP contribution in [-0.2, 0) is 0 Å². The van der Waals surface area contributed by atoms with Crippen LogP contribution in [0.15, 0.2) is 24.3 Å². The monoisotopic (exact) mass is 352 g/mol. The highest BCUT2D eigenvalue weighted by Gasteiger charge is 2.40. The Hall–Kier alpha value is -2.51. The number of alkyl halides is 3. The lowest BCUT2D eigenvalue weighted by Gasteiger charge is -2.11. The molecule has 2 aliphatic carbocycles. The highest BCUT2D eigenvalue weighted by molar-refractivity contribution is 5.91. The molecule has 1 aromatic heterocycles. The van der Waals surface area contributed by atoms with E-state index in [0.717, 1.165) is 25.7 Å². The van der Waals surface area contributed by atoms with Crippen molar-refractivity contribution in [3.63, 3.8) is 0 Å². The highest BCUT2D eigenvalue weighted by atomic mass is 19.4. The van der Waals surface area contributed by atoms with Crippen LogP contribution in [0.4, 0.5) is 13.2 Å². The number of rotatable bonds is 5. The maximum absolute atomic E-state index is 12.5. The predicted molar refractivity (Wildman–Crippen MR) is 81.2 cm³/mol. The molecule has 132 valence electrons. The third-order valence-corrected chi connectivity index (χ3v) is 4.39. The van der Waals surface area contributed by atoms with Gasteiger partial charge in [0.25, 0.3) is 0 Å². The molecule has 0 unspecified atom stereocenters. The molecular weight excluding hydrogens is 337 g/mol. The Labute approximate surface area is 141 Å². The number of halogens is 3. The predicted octanol–water partition coefficient (Wildman–Crippen LogP) is 4.22. The Balaban J connectivity index is 1.81. The van der Waals surface area contributed by atoms with Crippen molar-refractivity contribution in [3.8, 4) is 11.4 Å². The van der Waals surface area contributed by atoms with Crippen LogP contribution in [0, 0.1) is 0 Å². The topological polar surface area (TPSA) is 64.3 Å². The molecule has 2 aliphatic rings. The Morgan fingerprint density at radius 2 is 1.88 bits per heavy atom. The average molecular weight is 352 g/mol. The molecule has 0 saturated heterocycles. The molecule has 0 spiro atoms. The van der Waals surface area contributed by atoms with Gasteiger partial charge in [-0.05, 0) is 37.8 Å². The first-order valence-corrected chi connectivity index (χ1v) is 8.06. The van der Waals surface area contributed by atoms with Crippen LogP contribution in [0.25, 0.3) is 5.69 Å². The molecule has 8 heteroatoms. The molecule has 1 aromatic carbocycles. The standard InChI is InChI=1S/C17H15F3N2O3/c18-17(19,20)25-12-3-1-2-11(8-12)22-15(10-6-7-10)13(16(23)24)14(21-22)9-4-5-9/h1-3,8-10H,4-7H2,(H,23,24). The second kappa shape index (κ2) is 5.50. The van der Waals surface area contributed by atoms with Crippen LogP contribution < -0.4 is 4.74 Å². The maximum Gasteiger partial charge on any atom is 0.573 e. The van der Waals surface area contributed by atoms with E-state index >= 15 is 0 Å². The number of aromatic carboxylic acids is 1. The minimum absolute atomic E-state index is 0.0818. The summed E-state index contributed by atoms with van der Waals surface area (Å²) >= 11 is 0. The number of carbonyl (C=O) groups is 1. The molecule has 5 nitrogen and oxygen atoms in total. The largest absolute Gasteiger partial charge is 0.573 e. The number of nitrogens with zero attached hydrogens (tertiary/aromatic N) is 2. The Bertz CT molecular complexity index is 836. The fraction of sp³-hybridized carbons (Fsp3) is 0.412. The molecule has 0 aliphatic heterocycles. The molecule has 1 N–H and O–H groups in total. The summed E-state index contributed by atoms with van der Waals surface area (Å²) in [6, 6.07) is 5.47. The molecular formula is C17H15F3N2O3. The van der Waals surface area contributed by atoms with Gasteiger partial charge < -0.3 is 9.84 Å². The van der Waals surface area contributed by atoms with Crippen LogP contribution in [0.5, 0.6) is 5.75 Å². The smallest absolute Gasteiger partial charge is 0.478 e. The third-order valence-electron chi connectivity index (χ3n) is 4.39. The molecule has 2 aromatic rings. The number of aromatic nitrogens is 2. The first kappa shape index (κ1) is 16.0. The van der Waals surface area contributed by atoms with Gasteiger partial charge in [0.2, 0.25) is 0 Å². The van der Waals surface area contributed by atoms with E-state index in [1.54, 1.807) is 6.07 Å². The van der Waals surface area contributed by atoms with Crippen molar-refractivity contribution in [3.05, 3.63) is 41.2 Å². The van der Waals surface area contributed by atoms with Gasteiger partial charge in [-0.2, -0.15) is 5.10 Å². The summed E-state index contributed by atoms with van der Waals surface area (Å²) in [6.45, 7) is 0. The Morgan fingerprint density at radius 1 is 1.20 bits per heavy atom. The summed E-state index contributed by atoms with van der Waals surface area (Å²) in [5.41, 5.74) is 1.71. The minimum Gasteiger partial charge on any atom is -0.478 e. The van der Waals surface area contributed by atoms with Gasteiger partial charge in [0, 0.05) is 17.9 Å². The summed E-state index contributed by atoms with van der Waals surface area (Å²) in [6.07, 6.45) is -1.30. The van der Waals surface area contributed by atoms with Gasteiger partial charge >= 0.3 is 12.3 Å². The molecule has 2 saturated carbocycles. The van der Waals surface area contributed by atoms with Crippen LogP contribution in [0.2, 0.25) is 0 Å². The Kier molecular flexibility index (Phi) is 3.52. The van der Waals surface area contributed by atoms with Gasteiger partial charge in [0.05, 0.1) is 17.1 Å². The van der Waals surface area contributed by atoms with Crippen LogP contribution in [-0.4, -0.2) is 27.2 Å². The van der Waals surface area contributed by atoms with Crippen molar-refractivity contribution in [2.24, 2.45) is 0 Å². The normalized spacial score (nSPS) is 17.6. The molecule has 0 bridgehead atoms. The molecule has 0 atom stereocenters. The zero-order valence-electron chi connectivity index (χ0n) is 13.1. The SMILES string of the molecule is O=C(O)c1c(C2CC2)nn(-c2cccc(OC(F)(F)F)c2)c1C1CC1.